The van der Waals surface area contributed by atoms with E-state index in [2.05, 4.69) is 0 Å². The topological polar surface area (TPSA) is 80.9 Å². The second-order valence-electron chi connectivity index (χ2n) is 2.96. The van der Waals surface area contributed by atoms with E-state index in [9.17, 15) is 0 Å². The first kappa shape index (κ1) is 14.4. The summed E-state index contributed by atoms with van der Waals surface area (Å²) in [6.45, 7) is 6.19. The average molecular weight is 180 g/mol. The highest BCUT2D eigenvalue weighted by molar-refractivity contribution is 4.51. The van der Waals surface area contributed by atoms with Gasteiger partial charge in [0, 0.05) is 0 Å². The van der Waals surface area contributed by atoms with E-state index in [0.717, 1.165) is 0 Å². The average Bonchev–Trinajstić information content (AvgIpc) is 1.88. The molecule has 4 heteroatoms. The Bertz CT molecular complexity index is 65.1. The van der Waals surface area contributed by atoms with E-state index in [-0.39, 0.29) is 0 Å². The Morgan fingerprint density at radius 1 is 0.500 bits per heavy atom. The smallest absolute Gasteiger partial charge is 0.0768 e. The molecule has 0 bridgehead atoms. The Morgan fingerprint density at radius 2 is 0.583 bits per heavy atom. The first-order chi connectivity index (χ1) is 5.29. The normalized spacial score (nSPS) is 20.0. The third kappa shape index (κ3) is 12.5. The molecule has 0 radical (unpaired) electrons. The van der Waals surface area contributed by atoms with Crippen LogP contribution in [0, 0.1) is 0 Å². The van der Waals surface area contributed by atoms with Crippen LogP contribution in [0.15, 0.2) is 0 Å². The van der Waals surface area contributed by atoms with Gasteiger partial charge in [-0.05, 0) is 27.7 Å². The molecule has 12 heavy (non-hydrogen) atoms. The van der Waals surface area contributed by atoms with Crippen LogP contribution in [-0.2, 0) is 0 Å². The molecule has 0 fully saturated rings. The van der Waals surface area contributed by atoms with E-state index in [4.69, 9.17) is 20.4 Å². The van der Waals surface area contributed by atoms with Gasteiger partial charge >= 0.3 is 0 Å². The molecule has 0 heterocycles. The van der Waals surface area contributed by atoms with Gasteiger partial charge in [-0.3, -0.25) is 0 Å². The van der Waals surface area contributed by atoms with Gasteiger partial charge < -0.3 is 20.4 Å². The van der Waals surface area contributed by atoms with Crippen LogP contribution in [-0.4, -0.2) is 44.8 Å². The maximum atomic E-state index is 8.38. The first-order valence-electron chi connectivity index (χ1n) is 4.01. The van der Waals surface area contributed by atoms with Gasteiger partial charge in [0.25, 0.3) is 0 Å². The van der Waals surface area contributed by atoms with Crippen molar-refractivity contribution in [3.05, 3.63) is 0 Å². The van der Waals surface area contributed by atoms with Gasteiger partial charge in [-0.1, -0.05) is 0 Å². The van der Waals surface area contributed by atoms with E-state index in [1.54, 1.807) is 27.7 Å². The molecule has 0 unspecified atom stereocenters. The lowest BCUT2D eigenvalue weighted by Crippen LogP contribution is -2.17. The van der Waals surface area contributed by atoms with Gasteiger partial charge in [-0.15, -0.1) is 0 Å². The van der Waals surface area contributed by atoms with Gasteiger partial charge in [0.05, 0.1) is 24.4 Å². The summed E-state index contributed by atoms with van der Waals surface area (Å²) in [6.07, 6.45) is -2.37. The fourth-order valence-electron chi connectivity index (χ4n) is 0. The van der Waals surface area contributed by atoms with Crippen molar-refractivity contribution in [3.63, 3.8) is 0 Å². The summed E-state index contributed by atoms with van der Waals surface area (Å²) in [5, 5.41) is 33.5. The Kier molecular flexibility index (Phi) is 8.97. The highest BCUT2D eigenvalue weighted by atomic mass is 16.3. The molecule has 0 aliphatic rings. The minimum Gasteiger partial charge on any atom is -0.391 e. The Morgan fingerprint density at radius 3 is 0.583 bits per heavy atom. The van der Waals surface area contributed by atoms with Gasteiger partial charge in [0.15, 0.2) is 0 Å². The maximum absolute atomic E-state index is 8.38. The first-order valence-corrected chi connectivity index (χ1v) is 4.01. The number of hydrogen-bond donors (Lipinski definition) is 4. The third-order valence-corrected chi connectivity index (χ3v) is 1.40. The van der Waals surface area contributed by atoms with Gasteiger partial charge in [0.2, 0.25) is 0 Å². The molecule has 0 amide bonds. The van der Waals surface area contributed by atoms with Crippen molar-refractivity contribution in [2.45, 2.75) is 52.1 Å². The second-order valence-corrected chi connectivity index (χ2v) is 2.96. The zero-order valence-electron chi connectivity index (χ0n) is 8.10. The molecule has 0 aliphatic heterocycles. The van der Waals surface area contributed by atoms with Crippen molar-refractivity contribution in [1.82, 2.24) is 0 Å². The standard InChI is InChI=1S/2C4H10O2/c2*1-3(5)4(2)6/h2*3-6H,1-2H3/t3-,4+;3-,4-/m.1/s1. The summed E-state index contributed by atoms with van der Waals surface area (Å²) in [7, 11) is 0. The Hall–Kier alpha value is -0.160. The number of hydrogen-bond acceptors (Lipinski definition) is 4. The summed E-state index contributed by atoms with van der Waals surface area (Å²) in [6, 6.07) is 0. The predicted molar refractivity (Wildman–Crippen MR) is 46.7 cm³/mol. The summed E-state index contributed by atoms with van der Waals surface area (Å²) >= 11 is 0. The summed E-state index contributed by atoms with van der Waals surface area (Å²) in [5.41, 5.74) is 0. The molecule has 0 aromatic rings. The molecule has 4 N–H and O–H groups in total. The van der Waals surface area contributed by atoms with E-state index in [1.165, 1.54) is 0 Å². The van der Waals surface area contributed by atoms with Gasteiger partial charge in [-0.25, -0.2) is 0 Å². The molecule has 76 valence electrons. The lowest BCUT2D eigenvalue weighted by atomic mass is 10.3. The van der Waals surface area contributed by atoms with Crippen LogP contribution in [0.5, 0.6) is 0 Å². The molecule has 0 aromatic carbocycles. The van der Waals surface area contributed by atoms with Crippen LogP contribution in [0.2, 0.25) is 0 Å². The monoisotopic (exact) mass is 180 g/mol. The van der Waals surface area contributed by atoms with Crippen LogP contribution in [0.25, 0.3) is 0 Å². The van der Waals surface area contributed by atoms with Crippen molar-refractivity contribution in [2.24, 2.45) is 0 Å². The number of aliphatic hydroxyl groups excluding tert-OH is 4. The number of rotatable bonds is 2. The molecule has 4 atom stereocenters. The highest BCUT2D eigenvalue weighted by Gasteiger charge is 2.00. The van der Waals surface area contributed by atoms with Crippen LogP contribution in [0.4, 0.5) is 0 Å². The molecule has 0 spiro atoms. The van der Waals surface area contributed by atoms with Crippen LogP contribution in [0.1, 0.15) is 27.7 Å². The van der Waals surface area contributed by atoms with Crippen molar-refractivity contribution in [3.8, 4) is 0 Å². The maximum Gasteiger partial charge on any atom is 0.0768 e. The van der Waals surface area contributed by atoms with Crippen molar-refractivity contribution in [1.29, 1.82) is 0 Å². The molecular weight excluding hydrogens is 160 g/mol. The lowest BCUT2D eigenvalue weighted by Gasteiger charge is -2.03. The molecular formula is C8H20O4. The molecule has 0 aliphatic carbocycles. The van der Waals surface area contributed by atoms with Gasteiger partial charge in [-0.2, -0.15) is 0 Å². The molecule has 0 saturated heterocycles. The van der Waals surface area contributed by atoms with Gasteiger partial charge in [0.1, 0.15) is 0 Å². The zero-order chi connectivity index (χ0) is 10.3. The lowest BCUT2D eigenvalue weighted by molar-refractivity contribution is 0.0438. The largest absolute Gasteiger partial charge is 0.391 e. The third-order valence-electron chi connectivity index (χ3n) is 1.40. The number of aliphatic hydroxyl groups is 4. The summed E-state index contributed by atoms with van der Waals surface area (Å²) in [4.78, 5) is 0. The fourth-order valence-corrected chi connectivity index (χ4v) is 0. The van der Waals surface area contributed by atoms with Crippen molar-refractivity contribution in [2.75, 3.05) is 0 Å². The van der Waals surface area contributed by atoms with Crippen LogP contribution >= 0.6 is 0 Å². The van der Waals surface area contributed by atoms with E-state index < -0.39 is 24.4 Å². The van der Waals surface area contributed by atoms with E-state index in [0.29, 0.717) is 0 Å². The minimum absolute atomic E-state index is 0.593. The van der Waals surface area contributed by atoms with Crippen LogP contribution in [0.3, 0.4) is 0 Å². The van der Waals surface area contributed by atoms with Crippen molar-refractivity contribution >= 4 is 0 Å². The predicted octanol–water partition coefficient (Wildman–Crippen LogP) is -0.504. The Labute approximate surface area is 73.5 Å². The summed E-state index contributed by atoms with van der Waals surface area (Å²) in [5.74, 6) is 0. The zero-order valence-corrected chi connectivity index (χ0v) is 8.10. The van der Waals surface area contributed by atoms with E-state index >= 15 is 0 Å². The van der Waals surface area contributed by atoms with Crippen molar-refractivity contribution < 1.29 is 20.4 Å². The molecule has 0 aromatic heterocycles. The molecule has 0 saturated carbocycles. The quantitative estimate of drug-likeness (QED) is 0.461. The Balaban J connectivity index is 0. The second kappa shape index (κ2) is 7.49. The van der Waals surface area contributed by atoms with Crippen LogP contribution < -0.4 is 0 Å². The molecule has 4 nitrogen and oxygen atoms in total. The fraction of sp³-hybridized carbons (Fsp3) is 1.00. The molecule has 0 rings (SSSR count). The summed E-state index contributed by atoms with van der Waals surface area (Å²) < 4.78 is 0. The highest BCUT2D eigenvalue weighted by Crippen LogP contribution is 1.86. The van der Waals surface area contributed by atoms with E-state index in [1.807, 2.05) is 0 Å². The SMILES string of the molecule is C[C@@H](O)[C@@H](C)O.C[C@H](O)[C@@H](C)O. The minimum atomic E-state index is -0.593.